The van der Waals surface area contributed by atoms with Crippen LogP contribution in [0.2, 0.25) is 0 Å². The summed E-state index contributed by atoms with van der Waals surface area (Å²) in [4.78, 5) is 23.1. The molecular formula is C14H22N2O5. The molecule has 0 radical (unpaired) electrons. The number of hydrogen-bond acceptors (Lipinski definition) is 5. The maximum atomic E-state index is 11.8. The fourth-order valence-electron chi connectivity index (χ4n) is 1.69. The topological polar surface area (TPSA) is 102 Å². The number of aryl methyl sites for hydroxylation is 1. The van der Waals surface area contributed by atoms with Crippen LogP contribution >= 0.6 is 0 Å². The predicted molar refractivity (Wildman–Crippen MR) is 75.1 cm³/mol. The normalized spacial score (nSPS) is 13.7. The van der Waals surface area contributed by atoms with E-state index in [-0.39, 0.29) is 25.3 Å². The average Bonchev–Trinajstić information content (AvgIpc) is 2.93. The third-order valence-electron chi connectivity index (χ3n) is 3.25. The Labute approximate surface area is 123 Å². The van der Waals surface area contributed by atoms with Gasteiger partial charge in [-0.1, -0.05) is 12.1 Å². The van der Waals surface area contributed by atoms with Gasteiger partial charge in [0.15, 0.2) is 0 Å². The maximum absolute atomic E-state index is 11.8. The van der Waals surface area contributed by atoms with E-state index < -0.39 is 17.3 Å². The Balaban J connectivity index is 2.50. The molecule has 21 heavy (non-hydrogen) atoms. The molecule has 0 bridgehead atoms. The van der Waals surface area contributed by atoms with Crippen LogP contribution in [-0.4, -0.2) is 41.9 Å². The van der Waals surface area contributed by atoms with Gasteiger partial charge in [0.2, 0.25) is 5.76 Å². The Kier molecular flexibility index (Phi) is 6.36. The van der Waals surface area contributed by atoms with Crippen molar-refractivity contribution in [3.05, 3.63) is 17.5 Å². The van der Waals surface area contributed by atoms with E-state index in [2.05, 4.69) is 10.5 Å². The summed E-state index contributed by atoms with van der Waals surface area (Å²) in [7, 11) is 0. The predicted octanol–water partition coefficient (Wildman–Crippen LogP) is 1.48. The van der Waals surface area contributed by atoms with Crippen molar-refractivity contribution in [3.8, 4) is 0 Å². The summed E-state index contributed by atoms with van der Waals surface area (Å²) in [5.74, 6) is -1.21. The van der Waals surface area contributed by atoms with Gasteiger partial charge in [-0.3, -0.25) is 9.59 Å². The molecule has 2 N–H and O–H groups in total. The van der Waals surface area contributed by atoms with E-state index in [0.717, 1.165) is 0 Å². The van der Waals surface area contributed by atoms with Crippen LogP contribution in [0.4, 0.5) is 0 Å². The Morgan fingerprint density at radius 2 is 2.19 bits per heavy atom. The number of carboxylic acids is 1. The van der Waals surface area contributed by atoms with Crippen LogP contribution in [0.15, 0.2) is 10.6 Å². The number of rotatable bonds is 9. The fourth-order valence-corrected chi connectivity index (χ4v) is 1.69. The summed E-state index contributed by atoms with van der Waals surface area (Å²) in [6.45, 7) is 6.09. The Bertz CT molecular complexity index is 485. The second-order valence-electron chi connectivity index (χ2n) is 5.04. The molecule has 1 heterocycles. The monoisotopic (exact) mass is 298 g/mol. The van der Waals surface area contributed by atoms with Crippen molar-refractivity contribution < 1.29 is 24.0 Å². The van der Waals surface area contributed by atoms with Crippen molar-refractivity contribution in [2.24, 2.45) is 5.41 Å². The number of carboxylic acid groups (broad SMARTS) is 1. The molecule has 1 aromatic heterocycles. The summed E-state index contributed by atoms with van der Waals surface area (Å²) < 4.78 is 10.1. The van der Waals surface area contributed by atoms with Gasteiger partial charge in [-0.2, -0.15) is 0 Å². The van der Waals surface area contributed by atoms with E-state index in [1.54, 1.807) is 19.9 Å². The fraction of sp³-hybridized carbons (Fsp3) is 0.643. The van der Waals surface area contributed by atoms with Crippen LogP contribution in [0, 0.1) is 5.41 Å². The van der Waals surface area contributed by atoms with Gasteiger partial charge in [0.25, 0.3) is 5.91 Å². The third kappa shape index (κ3) is 4.86. The van der Waals surface area contributed by atoms with Crippen LogP contribution in [0.1, 0.15) is 43.4 Å². The highest BCUT2D eigenvalue weighted by Crippen LogP contribution is 2.21. The SMILES string of the molecule is CCOC[C@](C)(CCNC(=O)c1cc(CC)no1)C(=O)O. The first kappa shape index (κ1) is 17.2. The summed E-state index contributed by atoms with van der Waals surface area (Å²) >= 11 is 0. The lowest BCUT2D eigenvalue weighted by molar-refractivity contribution is -0.152. The van der Waals surface area contributed by atoms with Gasteiger partial charge in [0.05, 0.1) is 17.7 Å². The second kappa shape index (κ2) is 7.78. The first-order valence-corrected chi connectivity index (χ1v) is 6.98. The van der Waals surface area contributed by atoms with Crippen molar-refractivity contribution in [1.29, 1.82) is 0 Å². The van der Waals surface area contributed by atoms with Crippen LogP contribution < -0.4 is 5.32 Å². The summed E-state index contributed by atoms with van der Waals surface area (Å²) in [6.07, 6.45) is 0.949. The Hall–Kier alpha value is -1.89. The molecule has 0 aliphatic carbocycles. The number of ether oxygens (including phenoxy) is 1. The number of nitrogens with one attached hydrogen (secondary N) is 1. The number of aromatic nitrogens is 1. The minimum Gasteiger partial charge on any atom is -0.481 e. The van der Waals surface area contributed by atoms with Crippen LogP contribution in [0.5, 0.6) is 0 Å². The van der Waals surface area contributed by atoms with Crippen molar-refractivity contribution in [2.45, 2.75) is 33.6 Å². The van der Waals surface area contributed by atoms with Crippen molar-refractivity contribution >= 4 is 11.9 Å². The molecule has 0 fully saturated rings. The molecule has 0 saturated heterocycles. The summed E-state index contributed by atoms with van der Waals surface area (Å²) in [5, 5.41) is 15.6. The summed E-state index contributed by atoms with van der Waals surface area (Å²) in [5.41, 5.74) is -0.328. The Morgan fingerprint density at radius 3 is 2.71 bits per heavy atom. The van der Waals surface area contributed by atoms with E-state index in [1.165, 1.54) is 0 Å². The average molecular weight is 298 g/mol. The van der Waals surface area contributed by atoms with Gasteiger partial charge in [-0.05, 0) is 26.7 Å². The van der Waals surface area contributed by atoms with E-state index >= 15 is 0 Å². The minimum absolute atomic E-state index is 0.108. The zero-order chi connectivity index (χ0) is 15.9. The number of hydrogen-bond donors (Lipinski definition) is 2. The number of carbonyl (C=O) groups is 2. The van der Waals surface area contributed by atoms with Crippen LogP contribution in [0.25, 0.3) is 0 Å². The van der Waals surface area contributed by atoms with Crippen molar-refractivity contribution in [1.82, 2.24) is 10.5 Å². The number of nitrogens with zero attached hydrogens (tertiary/aromatic N) is 1. The highest BCUT2D eigenvalue weighted by molar-refractivity contribution is 5.91. The van der Waals surface area contributed by atoms with E-state index in [0.29, 0.717) is 18.7 Å². The smallest absolute Gasteiger partial charge is 0.311 e. The van der Waals surface area contributed by atoms with Crippen molar-refractivity contribution in [3.63, 3.8) is 0 Å². The van der Waals surface area contributed by atoms with E-state index in [9.17, 15) is 14.7 Å². The third-order valence-corrected chi connectivity index (χ3v) is 3.25. The second-order valence-corrected chi connectivity index (χ2v) is 5.04. The molecule has 1 rings (SSSR count). The molecule has 0 spiro atoms. The lowest BCUT2D eigenvalue weighted by Crippen LogP contribution is -2.37. The zero-order valence-corrected chi connectivity index (χ0v) is 12.6. The standard InChI is InChI=1S/C14H22N2O5/c1-4-10-8-11(21-16-10)12(17)15-7-6-14(3,13(18)19)9-20-5-2/h8H,4-7,9H2,1-3H3,(H,15,17)(H,18,19)/t14-/m0/s1. The highest BCUT2D eigenvalue weighted by atomic mass is 16.5. The largest absolute Gasteiger partial charge is 0.481 e. The molecule has 1 amide bonds. The van der Waals surface area contributed by atoms with Gasteiger partial charge in [-0.15, -0.1) is 0 Å². The molecule has 0 aliphatic heterocycles. The maximum Gasteiger partial charge on any atom is 0.311 e. The molecule has 0 unspecified atom stereocenters. The lowest BCUT2D eigenvalue weighted by Gasteiger charge is -2.24. The minimum atomic E-state index is -1.03. The zero-order valence-electron chi connectivity index (χ0n) is 12.6. The molecule has 0 aromatic carbocycles. The van der Waals surface area contributed by atoms with E-state index in [4.69, 9.17) is 9.26 Å². The summed E-state index contributed by atoms with van der Waals surface area (Å²) in [6, 6.07) is 1.58. The highest BCUT2D eigenvalue weighted by Gasteiger charge is 2.33. The van der Waals surface area contributed by atoms with Crippen LogP contribution in [0.3, 0.4) is 0 Å². The molecule has 1 atom stereocenters. The lowest BCUT2D eigenvalue weighted by atomic mass is 9.88. The van der Waals surface area contributed by atoms with Crippen molar-refractivity contribution in [2.75, 3.05) is 19.8 Å². The molecule has 7 nitrogen and oxygen atoms in total. The van der Waals surface area contributed by atoms with Gasteiger partial charge in [0.1, 0.15) is 0 Å². The number of aliphatic carboxylic acids is 1. The van der Waals surface area contributed by atoms with Gasteiger partial charge in [0, 0.05) is 19.2 Å². The quantitative estimate of drug-likeness (QED) is 0.716. The molecule has 1 aromatic rings. The number of carbonyl (C=O) groups excluding carboxylic acids is 1. The van der Waals surface area contributed by atoms with Crippen LogP contribution in [-0.2, 0) is 16.0 Å². The molecule has 0 aliphatic rings. The van der Waals surface area contributed by atoms with Gasteiger partial charge < -0.3 is 19.7 Å². The Morgan fingerprint density at radius 1 is 1.48 bits per heavy atom. The van der Waals surface area contributed by atoms with E-state index in [1.807, 2.05) is 6.92 Å². The number of amides is 1. The first-order chi connectivity index (χ1) is 9.92. The molecular weight excluding hydrogens is 276 g/mol. The van der Waals surface area contributed by atoms with Gasteiger partial charge in [-0.25, -0.2) is 0 Å². The molecule has 7 heteroatoms. The van der Waals surface area contributed by atoms with Gasteiger partial charge >= 0.3 is 5.97 Å². The molecule has 118 valence electrons. The molecule has 0 saturated carbocycles. The first-order valence-electron chi connectivity index (χ1n) is 6.98.